The van der Waals surface area contributed by atoms with Gasteiger partial charge in [-0.15, -0.1) is 0 Å². The second kappa shape index (κ2) is 11.6. The van der Waals surface area contributed by atoms with Crippen LogP contribution in [0.2, 0.25) is 0 Å². The van der Waals surface area contributed by atoms with E-state index < -0.39 is 5.97 Å². The zero-order valence-corrected chi connectivity index (χ0v) is 22.4. The minimum absolute atomic E-state index is 0.117. The lowest BCUT2D eigenvalue weighted by atomic mass is 9.93. The van der Waals surface area contributed by atoms with Crippen molar-refractivity contribution >= 4 is 17.6 Å². The molecule has 0 fully saturated rings. The molecule has 200 valence electrons. The quantitative estimate of drug-likeness (QED) is 0.270. The van der Waals surface area contributed by atoms with Crippen molar-refractivity contribution in [3.05, 3.63) is 101 Å². The Hall–Kier alpha value is -4.39. The first-order valence-electron chi connectivity index (χ1n) is 13.4. The van der Waals surface area contributed by atoms with Crippen LogP contribution in [0.3, 0.4) is 0 Å². The smallest absolute Gasteiger partial charge is 0.335 e. The molecule has 1 aliphatic heterocycles. The van der Waals surface area contributed by atoms with Crippen LogP contribution >= 0.6 is 0 Å². The molecule has 1 aromatic heterocycles. The van der Waals surface area contributed by atoms with Crippen LogP contribution in [0.1, 0.15) is 51.9 Å². The number of aromatic nitrogens is 2. The SMILES string of the molecule is Cc1cccc(OCCCC(=O)N2CCCc3c(-c4cnn(Cc5cccc(C(=O)O)c5)c4)cccc32)c1C. The average Bonchev–Trinajstić information content (AvgIpc) is 3.40. The molecule has 0 radical (unpaired) electrons. The van der Waals surface area contributed by atoms with E-state index in [4.69, 9.17) is 4.74 Å². The summed E-state index contributed by atoms with van der Waals surface area (Å²) in [5, 5.41) is 13.8. The fourth-order valence-electron chi connectivity index (χ4n) is 5.15. The third-order valence-electron chi connectivity index (χ3n) is 7.36. The highest BCUT2D eigenvalue weighted by Crippen LogP contribution is 2.36. The van der Waals surface area contributed by atoms with E-state index >= 15 is 0 Å². The van der Waals surface area contributed by atoms with Crippen LogP contribution in [0.25, 0.3) is 11.1 Å². The highest BCUT2D eigenvalue weighted by atomic mass is 16.5. The number of carboxylic acid groups (broad SMARTS) is 1. The van der Waals surface area contributed by atoms with Gasteiger partial charge < -0.3 is 14.7 Å². The number of anilines is 1. The lowest BCUT2D eigenvalue weighted by Gasteiger charge is -2.31. The van der Waals surface area contributed by atoms with Gasteiger partial charge in [0.2, 0.25) is 5.91 Å². The molecule has 7 nitrogen and oxygen atoms in total. The summed E-state index contributed by atoms with van der Waals surface area (Å²) in [6, 6.07) is 19.0. The van der Waals surface area contributed by atoms with Crippen molar-refractivity contribution in [2.45, 2.75) is 46.1 Å². The summed E-state index contributed by atoms with van der Waals surface area (Å²) in [6.45, 7) is 5.82. The molecule has 3 aromatic carbocycles. The monoisotopic (exact) mass is 523 g/mol. The van der Waals surface area contributed by atoms with Gasteiger partial charge in [-0.25, -0.2) is 4.79 Å². The molecule has 39 heavy (non-hydrogen) atoms. The normalized spacial score (nSPS) is 12.7. The second-order valence-electron chi connectivity index (χ2n) is 10.0. The lowest BCUT2D eigenvalue weighted by molar-refractivity contribution is -0.118. The van der Waals surface area contributed by atoms with Crippen molar-refractivity contribution in [2.24, 2.45) is 0 Å². The number of carboxylic acids is 1. The van der Waals surface area contributed by atoms with E-state index in [2.05, 4.69) is 31.1 Å². The third-order valence-corrected chi connectivity index (χ3v) is 7.36. The predicted octanol–water partition coefficient (Wildman–Crippen LogP) is 6.05. The Kier molecular flexibility index (Phi) is 7.77. The second-order valence-corrected chi connectivity index (χ2v) is 10.0. The number of fused-ring (bicyclic) bond motifs is 1. The molecule has 0 bridgehead atoms. The first-order chi connectivity index (χ1) is 18.9. The fraction of sp³-hybridized carbons (Fsp3) is 0.281. The van der Waals surface area contributed by atoms with Crippen LogP contribution in [0, 0.1) is 13.8 Å². The Labute approximate surface area is 228 Å². The summed E-state index contributed by atoms with van der Waals surface area (Å²) >= 11 is 0. The molecule has 4 aromatic rings. The van der Waals surface area contributed by atoms with E-state index in [9.17, 15) is 14.7 Å². The summed E-state index contributed by atoms with van der Waals surface area (Å²) < 4.78 is 7.77. The molecule has 1 amide bonds. The van der Waals surface area contributed by atoms with Crippen LogP contribution < -0.4 is 9.64 Å². The van der Waals surface area contributed by atoms with Crippen molar-refractivity contribution in [3.63, 3.8) is 0 Å². The first-order valence-corrected chi connectivity index (χ1v) is 13.4. The Morgan fingerprint density at radius 2 is 1.87 bits per heavy atom. The minimum Gasteiger partial charge on any atom is -0.493 e. The van der Waals surface area contributed by atoms with Gasteiger partial charge in [-0.2, -0.15) is 5.10 Å². The van der Waals surface area contributed by atoms with Gasteiger partial charge in [0.15, 0.2) is 0 Å². The number of rotatable bonds is 9. The largest absolute Gasteiger partial charge is 0.493 e. The molecule has 5 rings (SSSR count). The number of carbonyl (C=O) groups excluding carboxylic acids is 1. The summed E-state index contributed by atoms with van der Waals surface area (Å²) in [6.07, 6.45) is 6.72. The maximum Gasteiger partial charge on any atom is 0.335 e. The molecular formula is C32H33N3O4. The molecule has 0 saturated carbocycles. The molecule has 7 heteroatoms. The molecule has 0 unspecified atom stereocenters. The van der Waals surface area contributed by atoms with Crippen LogP contribution in [0.4, 0.5) is 5.69 Å². The van der Waals surface area contributed by atoms with Gasteiger partial charge in [0.25, 0.3) is 0 Å². The zero-order chi connectivity index (χ0) is 27.4. The third kappa shape index (κ3) is 5.87. The van der Waals surface area contributed by atoms with Gasteiger partial charge in [0.05, 0.1) is 24.9 Å². The number of benzene rings is 3. The Morgan fingerprint density at radius 1 is 1.05 bits per heavy atom. The number of hydrogen-bond donors (Lipinski definition) is 1. The first kappa shape index (κ1) is 26.2. The van der Waals surface area contributed by atoms with Crippen molar-refractivity contribution in [2.75, 3.05) is 18.1 Å². The fourth-order valence-corrected chi connectivity index (χ4v) is 5.15. The van der Waals surface area contributed by atoms with E-state index in [1.807, 2.05) is 52.3 Å². The maximum absolute atomic E-state index is 13.2. The number of hydrogen-bond acceptors (Lipinski definition) is 4. The highest BCUT2D eigenvalue weighted by molar-refractivity contribution is 5.96. The summed E-state index contributed by atoms with van der Waals surface area (Å²) in [5.74, 6) is 0.0548. The number of aryl methyl sites for hydroxylation is 1. The zero-order valence-electron chi connectivity index (χ0n) is 22.4. The van der Waals surface area contributed by atoms with Crippen molar-refractivity contribution < 1.29 is 19.4 Å². The van der Waals surface area contributed by atoms with Crippen LogP contribution in [-0.4, -0.2) is 39.9 Å². The molecule has 1 N–H and O–H groups in total. The summed E-state index contributed by atoms with van der Waals surface area (Å²) in [7, 11) is 0. The Bertz CT molecular complexity index is 1510. The van der Waals surface area contributed by atoms with Gasteiger partial charge in [-0.1, -0.05) is 36.4 Å². The van der Waals surface area contributed by atoms with Gasteiger partial charge in [-0.3, -0.25) is 9.48 Å². The van der Waals surface area contributed by atoms with E-state index in [0.717, 1.165) is 52.1 Å². The van der Waals surface area contributed by atoms with Gasteiger partial charge in [-0.05, 0) is 85.2 Å². The van der Waals surface area contributed by atoms with Crippen LogP contribution in [0.15, 0.2) is 73.1 Å². The molecule has 0 spiro atoms. The average molecular weight is 524 g/mol. The number of carbonyl (C=O) groups is 2. The molecule has 0 saturated heterocycles. The Morgan fingerprint density at radius 3 is 2.72 bits per heavy atom. The van der Waals surface area contributed by atoms with Crippen molar-refractivity contribution in [1.29, 1.82) is 0 Å². The Balaban J connectivity index is 1.26. The predicted molar refractivity (Wildman–Crippen MR) is 151 cm³/mol. The van der Waals surface area contributed by atoms with E-state index in [1.165, 1.54) is 5.56 Å². The molecule has 0 aliphatic carbocycles. The summed E-state index contributed by atoms with van der Waals surface area (Å²) in [4.78, 5) is 26.5. The standard InChI is InChI=1S/C32H33N3O4/c1-22-8-3-14-30(23(22)2)39-17-7-15-31(36)35-16-6-12-28-27(11-5-13-29(28)35)26-19-33-34(21-26)20-24-9-4-10-25(18-24)32(37)38/h3-5,8-11,13-14,18-19,21H,6-7,12,15-17,20H2,1-2H3,(H,37,38). The topological polar surface area (TPSA) is 84.7 Å². The molecule has 2 heterocycles. The number of ether oxygens (including phenoxy) is 1. The van der Waals surface area contributed by atoms with E-state index in [-0.39, 0.29) is 11.5 Å². The highest BCUT2D eigenvalue weighted by Gasteiger charge is 2.24. The summed E-state index contributed by atoms with van der Waals surface area (Å²) in [5.41, 5.74) is 7.67. The maximum atomic E-state index is 13.2. The minimum atomic E-state index is -0.943. The molecule has 1 aliphatic rings. The van der Waals surface area contributed by atoms with Gasteiger partial charge in [0.1, 0.15) is 5.75 Å². The molecule has 0 atom stereocenters. The van der Waals surface area contributed by atoms with Gasteiger partial charge in [0, 0.05) is 30.4 Å². The lowest BCUT2D eigenvalue weighted by Crippen LogP contribution is -2.35. The van der Waals surface area contributed by atoms with Gasteiger partial charge >= 0.3 is 5.97 Å². The number of amides is 1. The number of nitrogens with zero attached hydrogens (tertiary/aromatic N) is 3. The van der Waals surface area contributed by atoms with E-state index in [0.29, 0.717) is 32.5 Å². The number of aromatic carboxylic acids is 1. The van der Waals surface area contributed by atoms with Crippen molar-refractivity contribution in [1.82, 2.24) is 9.78 Å². The van der Waals surface area contributed by atoms with Crippen LogP contribution in [-0.2, 0) is 17.8 Å². The molecular weight excluding hydrogens is 490 g/mol. The van der Waals surface area contributed by atoms with Crippen LogP contribution in [0.5, 0.6) is 5.75 Å². The van der Waals surface area contributed by atoms with Crippen molar-refractivity contribution in [3.8, 4) is 16.9 Å². The van der Waals surface area contributed by atoms with E-state index in [1.54, 1.807) is 18.2 Å².